The highest BCUT2D eigenvalue weighted by Crippen LogP contribution is 2.50. The standard InChI is InChI=1S/2C42H23NOS2/c1-4-15-33-30(10-1)40-34(21-20-27-25-9-2-5-16-35(25)44-41(27)40)43(33)24-19-22-37-32(23-24)29-14-7-13-28(42(29)46-37)26-12-8-18-38-39(26)31-11-3-6-17-36(31)45-38;1-4-15-34-25(9-1)31-23-37-32(26-10-2-5-16-36(26)44-37)22-35(31)43(34)24-19-20-39-33(21-24)29-14-7-13-28(42(29)46-39)27-12-8-18-40-41(27)30-11-3-6-17-38(30)45-40/h2*1-23H. The topological polar surface area (TPSA) is 36.1 Å². The summed E-state index contributed by atoms with van der Waals surface area (Å²) in [5, 5.41) is 20.0. The van der Waals surface area contributed by atoms with E-state index < -0.39 is 0 Å². The minimum Gasteiger partial charge on any atom is -0.456 e. The number of hydrogen-bond donors (Lipinski definition) is 0. The summed E-state index contributed by atoms with van der Waals surface area (Å²) >= 11 is 7.55. The van der Waals surface area contributed by atoms with Crippen LogP contribution >= 0.6 is 45.3 Å². The molecule has 8 heteroatoms. The van der Waals surface area contributed by atoms with E-state index in [1.165, 1.54) is 141 Å². The molecule has 0 aliphatic carbocycles. The molecule has 0 atom stereocenters. The van der Waals surface area contributed by atoms with Gasteiger partial charge in [0, 0.05) is 141 Å². The lowest BCUT2D eigenvalue weighted by Crippen LogP contribution is -1.93. The molecule has 0 unspecified atom stereocenters. The molecule has 0 N–H and O–H groups in total. The maximum atomic E-state index is 6.53. The van der Waals surface area contributed by atoms with Crippen LogP contribution < -0.4 is 0 Å². The van der Waals surface area contributed by atoms with Crippen molar-refractivity contribution >= 4 is 214 Å². The van der Waals surface area contributed by atoms with Gasteiger partial charge in [-0.2, -0.15) is 0 Å². The Kier molecular flexibility index (Phi) is 10.7. The number of benzene rings is 14. The van der Waals surface area contributed by atoms with E-state index in [0.717, 1.165) is 60.5 Å². The van der Waals surface area contributed by atoms with Crippen LogP contribution in [0.4, 0.5) is 0 Å². The minimum atomic E-state index is 0.925. The Labute approximate surface area is 540 Å². The van der Waals surface area contributed by atoms with E-state index >= 15 is 0 Å². The van der Waals surface area contributed by atoms with Crippen LogP contribution in [0.25, 0.3) is 202 Å². The fraction of sp³-hybridized carbons (Fsp3) is 0. The van der Waals surface area contributed by atoms with Crippen molar-refractivity contribution < 1.29 is 8.83 Å². The van der Waals surface area contributed by atoms with Crippen LogP contribution in [0.1, 0.15) is 0 Å². The molecular formula is C84H46N2O2S4. The smallest absolute Gasteiger partial charge is 0.145 e. The second-order valence-electron chi connectivity index (χ2n) is 24.1. The Morgan fingerprint density at radius 2 is 0.674 bits per heavy atom. The van der Waals surface area contributed by atoms with E-state index in [2.05, 4.69) is 276 Å². The normalized spacial score (nSPS) is 12.3. The number of hydrogen-bond acceptors (Lipinski definition) is 6. The highest BCUT2D eigenvalue weighted by molar-refractivity contribution is 7.27. The van der Waals surface area contributed by atoms with Gasteiger partial charge < -0.3 is 18.0 Å². The quantitative estimate of drug-likeness (QED) is 0.176. The number of thiophene rings is 4. The third kappa shape index (κ3) is 7.26. The molecule has 428 valence electrons. The Bertz CT molecular complexity index is 6910. The largest absolute Gasteiger partial charge is 0.456 e. The van der Waals surface area contributed by atoms with Crippen molar-refractivity contribution in [3.63, 3.8) is 0 Å². The van der Waals surface area contributed by atoms with Crippen LogP contribution in [0.2, 0.25) is 0 Å². The van der Waals surface area contributed by atoms with E-state index in [1.807, 2.05) is 57.5 Å². The monoisotopic (exact) mass is 1240 g/mol. The molecule has 0 bridgehead atoms. The maximum Gasteiger partial charge on any atom is 0.145 e. The predicted molar refractivity (Wildman–Crippen MR) is 399 cm³/mol. The number of rotatable bonds is 4. The average Bonchev–Trinajstić information content (AvgIpc) is 1.58. The van der Waals surface area contributed by atoms with E-state index in [4.69, 9.17) is 8.83 Å². The maximum absolute atomic E-state index is 6.53. The van der Waals surface area contributed by atoms with Crippen LogP contribution in [0.3, 0.4) is 0 Å². The van der Waals surface area contributed by atoms with Crippen molar-refractivity contribution in [1.29, 1.82) is 0 Å². The van der Waals surface area contributed by atoms with Crippen LogP contribution in [-0.4, -0.2) is 9.13 Å². The molecule has 14 aromatic carbocycles. The van der Waals surface area contributed by atoms with Crippen molar-refractivity contribution in [3.8, 4) is 33.6 Å². The summed E-state index contributed by atoms with van der Waals surface area (Å²) in [6, 6.07) is 102. The number of para-hydroxylation sites is 4. The molecule has 0 radical (unpaired) electrons. The van der Waals surface area contributed by atoms with E-state index in [0.29, 0.717) is 0 Å². The number of fused-ring (bicyclic) bond motifs is 25. The molecule has 22 rings (SSSR count). The molecule has 8 aromatic heterocycles. The average molecular weight is 1240 g/mol. The first-order valence-electron chi connectivity index (χ1n) is 31.0. The van der Waals surface area contributed by atoms with Gasteiger partial charge in [-0.3, -0.25) is 0 Å². The minimum absolute atomic E-state index is 0.925. The zero-order valence-corrected chi connectivity index (χ0v) is 52.2. The molecule has 8 heterocycles. The first kappa shape index (κ1) is 51.0. The third-order valence-electron chi connectivity index (χ3n) is 19.2. The molecule has 4 nitrogen and oxygen atoms in total. The van der Waals surface area contributed by atoms with E-state index in [9.17, 15) is 0 Å². The van der Waals surface area contributed by atoms with Gasteiger partial charge in [0.1, 0.15) is 22.3 Å². The van der Waals surface area contributed by atoms with Crippen molar-refractivity contribution in [2.75, 3.05) is 0 Å². The van der Waals surface area contributed by atoms with E-state index in [-0.39, 0.29) is 0 Å². The zero-order chi connectivity index (χ0) is 59.9. The van der Waals surface area contributed by atoms with E-state index in [1.54, 1.807) is 0 Å². The highest BCUT2D eigenvalue weighted by Gasteiger charge is 2.23. The Balaban J connectivity index is 0.000000124. The second-order valence-corrected chi connectivity index (χ2v) is 28.4. The zero-order valence-electron chi connectivity index (χ0n) is 48.9. The number of aromatic nitrogens is 2. The first-order valence-corrected chi connectivity index (χ1v) is 34.3. The van der Waals surface area contributed by atoms with Gasteiger partial charge in [-0.25, -0.2) is 0 Å². The molecular weight excluding hydrogens is 1200 g/mol. The van der Waals surface area contributed by atoms with Crippen molar-refractivity contribution in [3.05, 3.63) is 279 Å². The van der Waals surface area contributed by atoms with Gasteiger partial charge in [-0.1, -0.05) is 170 Å². The van der Waals surface area contributed by atoms with Gasteiger partial charge in [0.25, 0.3) is 0 Å². The Morgan fingerprint density at radius 3 is 1.29 bits per heavy atom. The fourth-order valence-electron chi connectivity index (χ4n) is 15.3. The van der Waals surface area contributed by atoms with Crippen LogP contribution in [0.5, 0.6) is 0 Å². The lowest BCUT2D eigenvalue weighted by atomic mass is 9.98. The van der Waals surface area contributed by atoms with Gasteiger partial charge in [0.15, 0.2) is 0 Å². The van der Waals surface area contributed by atoms with Crippen LogP contribution in [-0.2, 0) is 0 Å². The lowest BCUT2D eigenvalue weighted by molar-refractivity contribution is 0.669. The summed E-state index contributed by atoms with van der Waals surface area (Å²) in [6.45, 7) is 0. The molecule has 0 aliphatic heterocycles. The van der Waals surface area contributed by atoms with Gasteiger partial charge in [-0.15, -0.1) is 45.3 Å². The molecule has 92 heavy (non-hydrogen) atoms. The predicted octanol–water partition coefficient (Wildman–Crippen LogP) is 26.2. The van der Waals surface area contributed by atoms with Gasteiger partial charge in [0.05, 0.1) is 27.5 Å². The summed E-state index contributed by atoms with van der Waals surface area (Å²) < 4.78 is 28.3. The summed E-state index contributed by atoms with van der Waals surface area (Å²) in [5.41, 5.74) is 16.0. The molecule has 22 aromatic rings. The summed E-state index contributed by atoms with van der Waals surface area (Å²) in [5.74, 6) is 0. The van der Waals surface area contributed by atoms with Gasteiger partial charge in [0.2, 0.25) is 0 Å². The van der Waals surface area contributed by atoms with Crippen molar-refractivity contribution in [2.24, 2.45) is 0 Å². The molecule has 0 amide bonds. The van der Waals surface area contributed by atoms with Crippen molar-refractivity contribution in [2.45, 2.75) is 0 Å². The van der Waals surface area contributed by atoms with Crippen LogP contribution in [0, 0.1) is 0 Å². The highest BCUT2D eigenvalue weighted by atomic mass is 32.1. The lowest BCUT2D eigenvalue weighted by Gasteiger charge is -2.09. The molecule has 0 aliphatic rings. The van der Waals surface area contributed by atoms with Gasteiger partial charge in [-0.05, 0) is 120 Å². The summed E-state index contributed by atoms with van der Waals surface area (Å²) in [4.78, 5) is 0. The molecule has 0 saturated carbocycles. The fourth-order valence-corrected chi connectivity index (χ4v) is 19.9. The molecule has 0 fully saturated rings. The first-order chi connectivity index (χ1) is 45.6. The van der Waals surface area contributed by atoms with Crippen molar-refractivity contribution in [1.82, 2.24) is 9.13 Å². The molecule has 0 spiro atoms. The SMILES string of the molecule is c1ccc2c(c1)oc1c2ccc2c1c1ccccc1n2-c1ccc2sc3c(-c4cccc5sc6ccccc6c45)cccc3c2c1.c1ccc2c(c1)oc1cc3c4ccccc4n(-c4ccc5sc6c(-c7cccc8sc9ccccc9c78)cccc6c5c4)c3cc12. The Morgan fingerprint density at radius 1 is 0.217 bits per heavy atom. The number of furan rings is 2. The Hall–Kier alpha value is -10.8. The second kappa shape index (κ2) is 19.3. The molecule has 0 saturated heterocycles. The number of nitrogens with zero attached hydrogens (tertiary/aromatic N) is 2. The summed E-state index contributed by atoms with van der Waals surface area (Å²) in [6.07, 6.45) is 0. The third-order valence-corrected chi connectivity index (χ3v) is 23.9. The summed E-state index contributed by atoms with van der Waals surface area (Å²) in [7, 11) is 0. The van der Waals surface area contributed by atoms with Gasteiger partial charge >= 0.3 is 0 Å². The van der Waals surface area contributed by atoms with Crippen LogP contribution in [0.15, 0.2) is 288 Å².